The number of halogens is 4. The molecule has 0 saturated carbocycles. The molecule has 4 rings (SSSR count). The maximum Gasteiger partial charge on any atom is 0.314 e. The van der Waals surface area contributed by atoms with Gasteiger partial charge in [-0.15, -0.1) is 0 Å². The van der Waals surface area contributed by atoms with Gasteiger partial charge in [-0.05, 0) is 194 Å². The lowest BCUT2D eigenvalue weighted by Crippen LogP contribution is -2.35. The molecule has 240 valence electrons. The highest BCUT2D eigenvalue weighted by Crippen LogP contribution is 2.38. The van der Waals surface area contributed by atoms with E-state index in [0.29, 0.717) is 40.6 Å². The molecule has 1 unspecified atom stereocenters. The number of phenolic OH excluding ortho intramolecular Hbond substituents is 1. The molecule has 46 heavy (non-hydrogen) atoms. The van der Waals surface area contributed by atoms with Crippen molar-refractivity contribution in [2.75, 3.05) is 26.1 Å². The second-order valence-corrected chi connectivity index (χ2v) is 15.2. The Morgan fingerprint density at radius 3 is 1.91 bits per heavy atom. The quantitative estimate of drug-likeness (QED) is 0.0623. The van der Waals surface area contributed by atoms with Crippen molar-refractivity contribution >= 4 is 125 Å². The molecule has 0 heterocycles. The summed E-state index contributed by atoms with van der Waals surface area (Å²) in [4.78, 5) is 26.0. The smallest absolute Gasteiger partial charge is 0.314 e. The normalized spacial score (nSPS) is 11.4. The fourth-order valence-corrected chi connectivity index (χ4v) is 8.67. The van der Waals surface area contributed by atoms with E-state index in [4.69, 9.17) is 26.4 Å². The van der Waals surface area contributed by atoms with Crippen molar-refractivity contribution in [3.8, 4) is 23.0 Å². The van der Waals surface area contributed by atoms with Gasteiger partial charge in [0.25, 0.3) is 0 Å². The molecule has 0 aliphatic rings. The molecule has 0 saturated heterocycles. The molecule has 0 aliphatic heterocycles. The van der Waals surface area contributed by atoms with Crippen molar-refractivity contribution in [1.82, 2.24) is 5.32 Å². The number of rotatable bonds is 10. The van der Waals surface area contributed by atoms with E-state index in [1.54, 1.807) is 43.5 Å². The third-order valence-corrected chi connectivity index (χ3v) is 10.4. The standard InChI is InChI=1S/C33H28I4N2O6S/c1-16-9-20(10-17(2)30(16)43-3)28(40)18-5-7-21(8-6-18)39-33(46)38-15-23(32(42)44-4)19-11-26(36)31(27(37)12-19)45-22-13-24(34)29(41)25(35)14-22/h5-14,23,41H,15H2,1-4H3,(H2,38,39,46). The number of ether oxygens (including phenoxy) is 3. The highest BCUT2D eigenvalue weighted by atomic mass is 127. The summed E-state index contributed by atoms with van der Waals surface area (Å²) in [5.41, 5.74) is 4.37. The molecule has 0 amide bonds. The Kier molecular flexibility index (Phi) is 13.2. The van der Waals surface area contributed by atoms with Gasteiger partial charge in [-0.25, -0.2) is 0 Å². The third kappa shape index (κ3) is 8.93. The van der Waals surface area contributed by atoms with Gasteiger partial charge in [0.2, 0.25) is 0 Å². The summed E-state index contributed by atoms with van der Waals surface area (Å²) in [5, 5.41) is 16.6. The molecule has 13 heteroatoms. The van der Waals surface area contributed by atoms with Crippen LogP contribution in [0.4, 0.5) is 5.69 Å². The first-order valence-corrected chi connectivity index (χ1v) is 18.3. The first-order chi connectivity index (χ1) is 21.8. The molecule has 3 N–H and O–H groups in total. The molecule has 8 nitrogen and oxygen atoms in total. The number of carbonyl (C=O) groups is 2. The fraction of sp³-hybridized carbons (Fsp3) is 0.182. The van der Waals surface area contributed by atoms with Crippen molar-refractivity contribution in [2.45, 2.75) is 19.8 Å². The number of thiocarbonyl (C=S) groups is 1. The molecule has 0 fully saturated rings. The van der Waals surface area contributed by atoms with Crippen LogP contribution < -0.4 is 20.1 Å². The number of ketones is 1. The maximum absolute atomic E-state index is 13.1. The van der Waals surface area contributed by atoms with Crippen LogP contribution in [0.2, 0.25) is 0 Å². The molecular formula is C33H28I4N2O6S. The number of carbonyl (C=O) groups excluding carboxylic acids is 2. The Bertz CT molecular complexity index is 1750. The molecule has 4 aromatic carbocycles. The molecular weight excluding hydrogens is 1060 g/mol. The van der Waals surface area contributed by atoms with Crippen LogP contribution >= 0.6 is 103 Å². The first kappa shape index (κ1) is 36.9. The summed E-state index contributed by atoms with van der Waals surface area (Å²) >= 11 is 14.0. The Hall–Kier alpha value is -1.97. The Labute approximate surface area is 327 Å². The number of phenols is 1. The van der Waals surface area contributed by atoms with Crippen molar-refractivity contribution in [3.05, 3.63) is 103 Å². The molecule has 0 bridgehead atoms. The number of methoxy groups -OCH3 is 2. The molecule has 1 atom stereocenters. The minimum absolute atomic E-state index is 0.0877. The van der Waals surface area contributed by atoms with Crippen LogP contribution in [0.25, 0.3) is 0 Å². The van der Waals surface area contributed by atoms with Gasteiger partial charge < -0.3 is 30.0 Å². The average molecular weight is 1090 g/mol. The average Bonchev–Trinajstić information content (AvgIpc) is 3.01. The van der Waals surface area contributed by atoms with Gasteiger partial charge in [0.1, 0.15) is 17.2 Å². The Morgan fingerprint density at radius 1 is 0.826 bits per heavy atom. The van der Waals surface area contributed by atoms with Crippen LogP contribution in [-0.4, -0.2) is 42.7 Å². The number of anilines is 1. The van der Waals surface area contributed by atoms with Crippen molar-refractivity contribution in [2.24, 2.45) is 0 Å². The van der Waals surface area contributed by atoms with Gasteiger partial charge in [0, 0.05) is 23.4 Å². The van der Waals surface area contributed by atoms with Gasteiger partial charge in [0.05, 0.1) is 34.4 Å². The zero-order valence-corrected chi connectivity index (χ0v) is 34.4. The first-order valence-electron chi connectivity index (χ1n) is 13.6. The van der Waals surface area contributed by atoms with Gasteiger partial charge in [-0.1, -0.05) is 0 Å². The van der Waals surface area contributed by atoms with Crippen molar-refractivity contribution < 1.29 is 28.9 Å². The molecule has 0 aliphatic carbocycles. The summed E-state index contributed by atoms with van der Waals surface area (Å²) in [6, 6.07) is 18.0. The third-order valence-electron chi connectivity index (χ3n) is 6.92. The molecule has 4 aromatic rings. The zero-order valence-electron chi connectivity index (χ0n) is 25.0. The SMILES string of the molecule is COC(=O)C(CNC(=S)Nc1ccc(C(=O)c2cc(C)c(OC)c(C)c2)cc1)c1cc(I)c(Oc2cc(I)c(O)c(I)c2)c(I)c1. The lowest BCUT2D eigenvalue weighted by Gasteiger charge is -2.20. The second kappa shape index (κ2) is 16.4. The van der Waals surface area contributed by atoms with E-state index in [2.05, 4.69) is 101 Å². The summed E-state index contributed by atoms with van der Waals surface area (Å²) in [6.45, 7) is 4.02. The second-order valence-electron chi connectivity index (χ2n) is 10.1. The zero-order chi connectivity index (χ0) is 33.7. The summed E-state index contributed by atoms with van der Waals surface area (Å²) in [7, 11) is 2.97. The number of nitrogens with one attached hydrogen (secondary N) is 2. The van der Waals surface area contributed by atoms with E-state index >= 15 is 0 Å². The molecule has 0 aromatic heterocycles. The Morgan fingerprint density at radius 2 is 1.39 bits per heavy atom. The van der Waals surface area contributed by atoms with Crippen LogP contribution in [0.1, 0.15) is 38.5 Å². The van der Waals surface area contributed by atoms with Gasteiger partial charge in [-0.3, -0.25) is 9.59 Å². The van der Waals surface area contributed by atoms with E-state index < -0.39 is 11.9 Å². The van der Waals surface area contributed by atoms with Crippen LogP contribution in [0.15, 0.2) is 60.7 Å². The maximum atomic E-state index is 13.1. The topological polar surface area (TPSA) is 106 Å². The summed E-state index contributed by atoms with van der Waals surface area (Å²) in [5.74, 6) is 1.10. The Balaban J connectivity index is 1.43. The predicted molar refractivity (Wildman–Crippen MR) is 217 cm³/mol. The highest BCUT2D eigenvalue weighted by molar-refractivity contribution is 14.1. The predicted octanol–water partition coefficient (Wildman–Crippen LogP) is 8.70. The number of aromatic hydroxyl groups is 1. The van der Waals surface area contributed by atoms with E-state index in [-0.39, 0.29) is 18.1 Å². The van der Waals surface area contributed by atoms with E-state index in [0.717, 1.165) is 29.6 Å². The number of aryl methyl sites for hydroxylation is 2. The van der Waals surface area contributed by atoms with E-state index in [1.807, 2.05) is 38.1 Å². The molecule has 0 radical (unpaired) electrons. The number of esters is 1. The minimum Gasteiger partial charge on any atom is -0.506 e. The lowest BCUT2D eigenvalue weighted by atomic mass is 9.98. The van der Waals surface area contributed by atoms with E-state index in [1.165, 1.54) is 7.11 Å². The molecule has 0 spiro atoms. The highest BCUT2D eigenvalue weighted by Gasteiger charge is 2.25. The largest absolute Gasteiger partial charge is 0.506 e. The summed E-state index contributed by atoms with van der Waals surface area (Å²) in [6.07, 6.45) is 0. The fourth-order valence-electron chi connectivity index (χ4n) is 4.72. The van der Waals surface area contributed by atoms with Crippen LogP contribution in [0.3, 0.4) is 0 Å². The van der Waals surface area contributed by atoms with Gasteiger partial charge in [0.15, 0.2) is 16.6 Å². The lowest BCUT2D eigenvalue weighted by molar-refractivity contribution is -0.142. The van der Waals surface area contributed by atoms with Crippen molar-refractivity contribution in [1.29, 1.82) is 0 Å². The minimum atomic E-state index is -0.646. The van der Waals surface area contributed by atoms with E-state index in [9.17, 15) is 14.7 Å². The van der Waals surface area contributed by atoms with Crippen LogP contribution in [0.5, 0.6) is 23.0 Å². The van der Waals surface area contributed by atoms with Crippen molar-refractivity contribution in [3.63, 3.8) is 0 Å². The number of benzene rings is 4. The number of hydrogen-bond donors (Lipinski definition) is 3. The van der Waals surface area contributed by atoms with Crippen LogP contribution in [-0.2, 0) is 9.53 Å². The monoisotopic (exact) mass is 1090 g/mol. The van der Waals surface area contributed by atoms with Gasteiger partial charge >= 0.3 is 5.97 Å². The number of hydrogen-bond acceptors (Lipinski definition) is 7. The summed E-state index contributed by atoms with van der Waals surface area (Å²) < 4.78 is 19.7. The van der Waals surface area contributed by atoms with Crippen LogP contribution in [0, 0.1) is 28.1 Å². The van der Waals surface area contributed by atoms with Gasteiger partial charge in [-0.2, -0.15) is 0 Å².